The number of benzene rings is 1. The molecule has 0 bridgehead atoms. The molecule has 0 radical (unpaired) electrons. The quantitative estimate of drug-likeness (QED) is 0.614. The zero-order valence-corrected chi connectivity index (χ0v) is 14.8. The molecule has 7 nitrogen and oxygen atoms in total. The zero-order valence-electron chi connectivity index (χ0n) is 14.0. The van der Waals surface area contributed by atoms with Crippen molar-refractivity contribution in [2.45, 2.75) is 19.0 Å². The number of nitrogens with zero attached hydrogens (tertiary/aromatic N) is 2. The fourth-order valence-corrected chi connectivity index (χ4v) is 3.72. The smallest absolute Gasteiger partial charge is 0.246 e. The standard InChI is InChI=1S/C18H19N5O2S/c24-18(14-10-20-22-17(14)12-5-2-1-3-6-12)19-11-16-21-15(23-25-16)9-13-7-4-8-26-13/h1-8,14,17,20,22H,9-11H2,(H,19,24). The van der Waals surface area contributed by atoms with Crippen molar-refractivity contribution in [3.63, 3.8) is 0 Å². The Balaban J connectivity index is 1.34. The van der Waals surface area contributed by atoms with Gasteiger partial charge >= 0.3 is 0 Å². The first kappa shape index (κ1) is 16.9. The first-order chi connectivity index (χ1) is 12.8. The maximum Gasteiger partial charge on any atom is 0.246 e. The molecule has 134 valence electrons. The largest absolute Gasteiger partial charge is 0.347 e. The summed E-state index contributed by atoms with van der Waals surface area (Å²) >= 11 is 1.65. The molecule has 1 saturated heterocycles. The highest BCUT2D eigenvalue weighted by Gasteiger charge is 2.33. The SMILES string of the molecule is O=C(NCc1nc(Cc2cccs2)no1)C1CNNC1c1ccccc1. The predicted molar refractivity (Wildman–Crippen MR) is 97.1 cm³/mol. The van der Waals surface area contributed by atoms with E-state index < -0.39 is 0 Å². The van der Waals surface area contributed by atoms with Gasteiger partial charge in [-0.1, -0.05) is 41.6 Å². The minimum Gasteiger partial charge on any atom is -0.347 e. The average Bonchev–Trinajstić information content (AvgIpc) is 3.43. The highest BCUT2D eigenvalue weighted by molar-refractivity contribution is 7.09. The van der Waals surface area contributed by atoms with Crippen LogP contribution < -0.4 is 16.2 Å². The van der Waals surface area contributed by atoms with E-state index >= 15 is 0 Å². The van der Waals surface area contributed by atoms with Gasteiger partial charge in [0.05, 0.1) is 18.5 Å². The number of carbonyl (C=O) groups is 1. The normalized spacial score (nSPS) is 19.5. The van der Waals surface area contributed by atoms with E-state index in [2.05, 4.69) is 26.3 Å². The van der Waals surface area contributed by atoms with E-state index in [4.69, 9.17) is 4.52 Å². The Hall–Kier alpha value is -2.55. The number of carbonyl (C=O) groups excluding carboxylic acids is 1. The predicted octanol–water partition coefficient (Wildman–Crippen LogP) is 1.80. The van der Waals surface area contributed by atoms with Crippen LogP contribution in [0.1, 0.15) is 28.2 Å². The van der Waals surface area contributed by atoms with Gasteiger partial charge in [-0.2, -0.15) is 4.98 Å². The van der Waals surface area contributed by atoms with Gasteiger partial charge in [0.2, 0.25) is 11.8 Å². The van der Waals surface area contributed by atoms with Gasteiger partial charge in [-0.25, -0.2) is 5.43 Å². The summed E-state index contributed by atoms with van der Waals surface area (Å²) in [6.07, 6.45) is 0.641. The molecule has 3 heterocycles. The van der Waals surface area contributed by atoms with Gasteiger partial charge in [-0.3, -0.25) is 10.2 Å². The molecule has 3 aromatic rings. The fraction of sp³-hybridized carbons (Fsp3) is 0.278. The van der Waals surface area contributed by atoms with E-state index in [1.165, 1.54) is 4.88 Å². The summed E-state index contributed by atoms with van der Waals surface area (Å²) in [5.41, 5.74) is 7.32. The molecule has 1 amide bonds. The fourth-order valence-electron chi connectivity index (χ4n) is 3.01. The van der Waals surface area contributed by atoms with E-state index in [9.17, 15) is 4.79 Å². The summed E-state index contributed by atoms with van der Waals surface area (Å²) < 4.78 is 5.24. The van der Waals surface area contributed by atoms with Crippen LogP contribution in [0, 0.1) is 5.92 Å². The number of amides is 1. The van der Waals surface area contributed by atoms with Crippen molar-refractivity contribution < 1.29 is 9.32 Å². The summed E-state index contributed by atoms with van der Waals surface area (Å²) in [6, 6.07) is 13.9. The van der Waals surface area contributed by atoms with Gasteiger partial charge in [0.15, 0.2) is 5.82 Å². The molecule has 1 fully saturated rings. The first-order valence-electron chi connectivity index (χ1n) is 8.44. The van der Waals surface area contributed by atoms with Gasteiger partial charge in [0.25, 0.3) is 0 Å². The van der Waals surface area contributed by atoms with Crippen LogP contribution in [0.15, 0.2) is 52.4 Å². The van der Waals surface area contributed by atoms with Gasteiger partial charge in [0, 0.05) is 17.8 Å². The number of thiophene rings is 1. The van der Waals surface area contributed by atoms with Crippen molar-refractivity contribution in [3.05, 3.63) is 70.0 Å². The third kappa shape index (κ3) is 3.82. The topological polar surface area (TPSA) is 92.1 Å². The maximum atomic E-state index is 12.6. The Morgan fingerprint density at radius 2 is 2.15 bits per heavy atom. The van der Waals surface area contributed by atoms with Crippen molar-refractivity contribution >= 4 is 17.2 Å². The molecule has 1 aliphatic heterocycles. The molecule has 0 saturated carbocycles. The summed E-state index contributed by atoms with van der Waals surface area (Å²) in [4.78, 5) is 18.1. The van der Waals surface area contributed by atoms with Crippen molar-refractivity contribution in [2.75, 3.05) is 6.54 Å². The van der Waals surface area contributed by atoms with Crippen LogP contribution in [0.5, 0.6) is 0 Å². The molecule has 1 aliphatic rings. The number of rotatable bonds is 6. The second kappa shape index (κ2) is 7.77. The zero-order chi connectivity index (χ0) is 17.8. The van der Waals surface area contributed by atoms with Gasteiger partial charge in [-0.15, -0.1) is 11.3 Å². The van der Waals surface area contributed by atoms with Crippen LogP contribution in [0.25, 0.3) is 0 Å². The lowest BCUT2D eigenvalue weighted by molar-refractivity contribution is -0.125. The monoisotopic (exact) mass is 369 g/mol. The number of nitrogens with one attached hydrogen (secondary N) is 3. The molecule has 26 heavy (non-hydrogen) atoms. The third-order valence-corrected chi connectivity index (χ3v) is 5.19. The summed E-state index contributed by atoms with van der Waals surface area (Å²) in [7, 11) is 0. The lowest BCUT2D eigenvalue weighted by Crippen LogP contribution is -2.34. The molecule has 2 atom stereocenters. The molecule has 8 heteroatoms. The van der Waals surface area contributed by atoms with Crippen LogP contribution in [-0.4, -0.2) is 22.6 Å². The molecule has 0 aliphatic carbocycles. The molecule has 3 N–H and O–H groups in total. The highest BCUT2D eigenvalue weighted by Crippen LogP contribution is 2.24. The molecular weight excluding hydrogens is 350 g/mol. The Bertz CT molecular complexity index is 850. The van der Waals surface area contributed by atoms with Gasteiger partial charge < -0.3 is 9.84 Å². The lowest BCUT2D eigenvalue weighted by atomic mass is 9.94. The Morgan fingerprint density at radius 3 is 2.96 bits per heavy atom. The van der Waals surface area contributed by atoms with Crippen molar-refractivity contribution in [3.8, 4) is 0 Å². The van der Waals surface area contributed by atoms with E-state index in [1.807, 2.05) is 47.8 Å². The molecule has 0 spiro atoms. The Morgan fingerprint density at radius 1 is 1.27 bits per heavy atom. The number of aromatic nitrogens is 2. The maximum absolute atomic E-state index is 12.6. The lowest BCUT2D eigenvalue weighted by Gasteiger charge is -2.17. The van der Waals surface area contributed by atoms with Crippen molar-refractivity contribution in [2.24, 2.45) is 5.92 Å². The van der Waals surface area contributed by atoms with E-state index in [1.54, 1.807) is 11.3 Å². The average molecular weight is 369 g/mol. The minimum absolute atomic E-state index is 0.0469. The third-order valence-electron chi connectivity index (χ3n) is 4.31. The molecule has 4 rings (SSSR count). The number of hydrogen-bond acceptors (Lipinski definition) is 7. The molecule has 2 aromatic heterocycles. The van der Waals surface area contributed by atoms with E-state index in [0.717, 1.165) is 5.56 Å². The second-order valence-electron chi connectivity index (χ2n) is 6.10. The van der Waals surface area contributed by atoms with Crippen LogP contribution in [0.3, 0.4) is 0 Å². The van der Waals surface area contributed by atoms with Crippen LogP contribution in [0.2, 0.25) is 0 Å². The van der Waals surface area contributed by atoms with Gasteiger partial charge in [-0.05, 0) is 17.0 Å². The number of hydrogen-bond donors (Lipinski definition) is 3. The summed E-state index contributed by atoms with van der Waals surface area (Å²) in [5.74, 6) is 0.795. The first-order valence-corrected chi connectivity index (χ1v) is 9.32. The number of hydrazine groups is 1. The Labute approximate surface area is 154 Å². The van der Waals surface area contributed by atoms with Crippen LogP contribution >= 0.6 is 11.3 Å². The Kier molecular flexibility index (Phi) is 5.05. The van der Waals surface area contributed by atoms with Crippen LogP contribution in [-0.2, 0) is 17.8 Å². The highest BCUT2D eigenvalue weighted by atomic mass is 32.1. The minimum atomic E-state index is -0.203. The van der Waals surface area contributed by atoms with Crippen molar-refractivity contribution in [1.29, 1.82) is 0 Å². The summed E-state index contributed by atoms with van der Waals surface area (Å²) in [5, 5.41) is 8.89. The van der Waals surface area contributed by atoms with Gasteiger partial charge in [0.1, 0.15) is 0 Å². The summed E-state index contributed by atoms with van der Waals surface area (Å²) in [6.45, 7) is 0.799. The molecule has 2 unspecified atom stereocenters. The molecular formula is C18H19N5O2S. The van der Waals surface area contributed by atoms with E-state index in [0.29, 0.717) is 24.7 Å². The van der Waals surface area contributed by atoms with E-state index in [-0.39, 0.29) is 24.4 Å². The molecule has 1 aromatic carbocycles. The van der Waals surface area contributed by atoms with Crippen LogP contribution in [0.4, 0.5) is 0 Å². The second-order valence-corrected chi connectivity index (χ2v) is 7.13. The van der Waals surface area contributed by atoms with Crippen molar-refractivity contribution in [1.82, 2.24) is 26.3 Å².